The van der Waals surface area contributed by atoms with Crippen molar-refractivity contribution in [3.8, 4) is 0 Å². The normalized spacial score (nSPS) is 12.0. The summed E-state index contributed by atoms with van der Waals surface area (Å²) in [7, 11) is 0. The summed E-state index contributed by atoms with van der Waals surface area (Å²) in [6.07, 6.45) is -3.18. The molecule has 0 aliphatic carbocycles. The second-order valence-electron chi connectivity index (χ2n) is 3.50. The smallest absolute Gasteiger partial charge is 0.269 e. The fourth-order valence-corrected chi connectivity index (χ4v) is 2.16. The Bertz CT molecular complexity index is 636. The van der Waals surface area contributed by atoms with E-state index in [9.17, 15) is 18.0 Å². The third kappa shape index (κ3) is 2.50. The molecule has 0 aliphatic rings. The van der Waals surface area contributed by atoms with Crippen LogP contribution in [0, 0.1) is 0 Å². The molecule has 0 saturated carbocycles. The standard InChI is InChI=1S/C11H9F3N2OS/c1-2-18-7-3-4-16-9(5-7)15-8(6-10(16)17)11(12,13)14/h3-6H,2H2,1H3. The number of hydrogen-bond acceptors (Lipinski definition) is 3. The quantitative estimate of drug-likeness (QED) is 0.790. The second kappa shape index (κ2) is 4.64. The number of pyridine rings is 1. The minimum atomic E-state index is -4.61. The molecule has 7 heteroatoms. The Kier molecular flexibility index (Phi) is 3.34. The predicted molar refractivity (Wildman–Crippen MR) is 62.9 cm³/mol. The summed E-state index contributed by atoms with van der Waals surface area (Å²) >= 11 is 1.47. The fraction of sp³-hybridized carbons (Fsp3) is 0.273. The van der Waals surface area contributed by atoms with Crippen LogP contribution in [0.15, 0.2) is 34.1 Å². The molecular formula is C11H9F3N2OS. The molecule has 18 heavy (non-hydrogen) atoms. The van der Waals surface area contributed by atoms with Gasteiger partial charge >= 0.3 is 6.18 Å². The van der Waals surface area contributed by atoms with Gasteiger partial charge < -0.3 is 0 Å². The predicted octanol–water partition coefficient (Wildman–Crippen LogP) is 2.83. The largest absolute Gasteiger partial charge is 0.433 e. The van der Waals surface area contributed by atoms with Crippen LogP contribution in [0.25, 0.3) is 5.65 Å². The summed E-state index contributed by atoms with van der Waals surface area (Å²) in [4.78, 5) is 15.8. The highest BCUT2D eigenvalue weighted by atomic mass is 32.2. The van der Waals surface area contributed by atoms with Gasteiger partial charge in [0.05, 0.1) is 0 Å². The molecule has 0 radical (unpaired) electrons. The minimum Gasteiger partial charge on any atom is -0.269 e. The lowest BCUT2D eigenvalue weighted by atomic mass is 10.3. The van der Waals surface area contributed by atoms with Crippen molar-refractivity contribution in [1.82, 2.24) is 9.38 Å². The summed E-state index contributed by atoms with van der Waals surface area (Å²) in [5.74, 6) is 0.791. The van der Waals surface area contributed by atoms with Crippen molar-refractivity contribution < 1.29 is 13.2 Å². The van der Waals surface area contributed by atoms with Gasteiger partial charge in [0.25, 0.3) is 5.56 Å². The number of alkyl halides is 3. The lowest BCUT2D eigenvalue weighted by Gasteiger charge is -2.08. The first-order valence-electron chi connectivity index (χ1n) is 5.15. The van der Waals surface area contributed by atoms with E-state index in [4.69, 9.17) is 0 Å². The molecule has 2 aromatic heterocycles. The van der Waals surface area contributed by atoms with Crippen LogP contribution in [0.2, 0.25) is 0 Å². The summed E-state index contributed by atoms with van der Waals surface area (Å²) in [5, 5.41) is 0. The van der Waals surface area contributed by atoms with E-state index in [1.165, 1.54) is 24.0 Å². The molecule has 0 N–H and O–H groups in total. The molecule has 2 rings (SSSR count). The van der Waals surface area contributed by atoms with Gasteiger partial charge in [0.15, 0.2) is 5.69 Å². The van der Waals surface area contributed by atoms with Crippen molar-refractivity contribution in [2.24, 2.45) is 0 Å². The maximum atomic E-state index is 12.5. The van der Waals surface area contributed by atoms with Gasteiger partial charge in [-0.2, -0.15) is 13.2 Å². The highest BCUT2D eigenvalue weighted by Crippen LogP contribution is 2.27. The van der Waals surface area contributed by atoms with Gasteiger partial charge in [-0.05, 0) is 17.9 Å². The van der Waals surface area contributed by atoms with Crippen LogP contribution < -0.4 is 5.56 Å². The van der Waals surface area contributed by atoms with Gasteiger partial charge in [0.2, 0.25) is 0 Å². The molecule has 0 spiro atoms. The lowest BCUT2D eigenvalue weighted by Crippen LogP contribution is -2.19. The van der Waals surface area contributed by atoms with Gasteiger partial charge in [-0.25, -0.2) is 4.98 Å². The van der Waals surface area contributed by atoms with E-state index < -0.39 is 17.4 Å². The molecule has 0 aliphatic heterocycles. The van der Waals surface area contributed by atoms with Gasteiger partial charge in [0.1, 0.15) is 5.65 Å². The fourth-order valence-electron chi connectivity index (χ4n) is 1.49. The van der Waals surface area contributed by atoms with E-state index in [1.807, 2.05) is 6.92 Å². The molecular weight excluding hydrogens is 265 g/mol. The van der Waals surface area contributed by atoms with E-state index in [1.54, 1.807) is 6.07 Å². The van der Waals surface area contributed by atoms with Crippen molar-refractivity contribution in [2.75, 3.05) is 5.75 Å². The first-order chi connectivity index (χ1) is 8.41. The van der Waals surface area contributed by atoms with E-state index in [-0.39, 0.29) is 5.65 Å². The number of rotatable bonds is 2. The van der Waals surface area contributed by atoms with Crippen molar-refractivity contribution >= 4 is 17.4 Å². The first-order valence-corrected chi connectivity index (χ1v) is 6.14. The maximum Gasteiger partial charge on any atom is 0.433 e. The number of halogens is 3. The zero-order chi connectivity index (χ0) is 13.3. The summed E-state index contributed by atoms with van der Waals surface area (Å²) in [6.45, 7) is 1.93. The first kappa shape index (κ1) is 12.9. The molecule has 0 aromatic carbocycles. The molecule has 0 amide bonds. The van der Waals surface area contributed by atoms with Gasteiger partial charge in [-0.1, -0.05) is 6.92 Å². The SMILES string of the molecule is CCSc1ccn2c(=O)cc(C(F)(F)F)nc2c1. The van der Waals surface area contributed by atoms with E-state index in [0.29, 0.717) is 6.07 Å². The van der Waals surface area contributed by atoms with Crippen molar-refractivity contribution in [3.63, 3.8) is 0 Å². The zero-order valence-electron chi connectivity index (χ0n) is 9.36. The molecule has 0 fully saturated rings. The van der Waals surface area contributed by atoms with Crippen molar-refractivity contribution in [1.29, 1.82) is 0 Å². The molecule has 0 unspecified atom stereocenters. The Balaban J connectivity index is 2.65. The highest BCUT2D eigenvalue weighted by molar-refractivity contribution is 7.99. The molecule has 96 valence electrons. The zero-order valence-corrected chi connectivity index (χ0v) is 10.2. The van der Waals surface area contributed by atoms with Crippen LogP contribution in [0.3, 0.4) is 0 Å². The van der Waals surface area contributed by atoms with Crippen LogP contribution >= 0.6 is 11.8 Å². The van der Waals surface area contributed by atoms with E-state index in [0.717, 1.165) is 15.0 Å². The van der Waals surface area contributed by atoms with Crippen molar-refractivity contribution in [2.45, 2.75) is 18.0 Å². The van der Waals surface area contributed by atoms with Crippen LogP contribution in [0.1, 0.15) is 12.6 Å². The van der Waals surface area contributed by atoms with E-state index >= 15 is 0 Å². The molecule has 3 nitrogen and oxygen atoms in total. The Morgan fingerprint density at radius 2 is 2.11 bits per heavy atom. The summed E-state index contributed by atoms with van der Waals surface area (Å²) < 4.78 is 38.7. The monoisotopic (exact) mass is 274 g/mol. The molecule has 2 heterocycles. The van der Waals surface area contributed by atoms with Crippen LogP contribution in [0.4, 0.5) is 13.2 Å². The number of fused-ring (bicyclic) bond motifs is 1. The summed E-state index contributed by atoms with van der Waals surface area (Å²) in [6, 6.07) is 3.65. The van der Waals surface area contributed by atoms with Gasteiger partial charge in [-0.3, -0.25) is 9.20 Å². The van der Waals surface area contributed by atoms with Crippen LogP contribution in [0.5, 0.6) is 0 Å². The Hall–Kier alpha value is -1.50. The number of thioether (sulfide) groups is 1. The lowest BCUT2D eigenvalue weighted by molar-refractivity contribution is -0.141. The second-order valence-corrected chi connectivity index (χ2v) is 4.84. The van der Waals surface area contributed by atoms with Gasteiger partial charge in [0, 0.05) is 17.2 Å². The van der Waals surface area contributed by atoms with Gasteiger partial charge in [-0.15, -0.1) is 11.8 Å². The topological polar surface area (TPSA) is 34.4 Å². The Morgan fingerprint density at radius 3 is 2.72 bits per heavy atom. The Morgan fingerprint density at radius 1 is 1.39 bits per heavy atom. The average Bonchev–Trinajstić information content (AvgIpc) is 2.27. The Labute approximate surface area is 105 Å². The molecule has 2 aromatic rings. The van der Waals surface area contributed by atoms with Crippen molar-refractivity contribution in [3.05, 3.63) is 40.4 Å². The summed E-state index contributed by atoms with van der Waals surface area (Å²) in [5.41, 5.74) is -1.89. The highest BCUT2D eigenvalue weighted by Gasteiger charge is 2.33. The molecule has 0 saturated heterocycles. The number of aromatic nitrogens is 2. The van der Waals surface area contributed by atoms with Crippen LogP contribution in [-0.2, 0) is 6.18 Å². The molecule has 0 atom stereocenters. The number of nitrogens with zero attached hydrogens (tertiary/aromatic N) is 2. The third-order valence-electron chi connectivity index (χ3n) is 2.24. The third-order valence-corrected chi connectivity index (χ3v) is 3.12. The van der Waals surface area contributed by atoms with Crippen LogP contribution in [-0.4, -0.2) is 15.1 Å². The number of hydrogen-bond donors (Lipinski definition) is 0. The minimum absolute atomic E-state index is 0.00766. The molecule has 0 bridgehead atoms. The maximum absolute atomic E-state index is 12.5. The average molecular weight is 274 g/mol. The van der Waals surface area contributed by atoms with E-state index in [2.05, 4.69) is 4.98 Å².